The summed E-state index contributed by atoms with van der Waals surface area (Å²) < 4.78 is 11.0. The molecular weight excluding hydrogens is 384 g/mol. The number of rotatable bonds is 9. The summed E-state index contributed by atoms with van der Waals surface area (Å²) in [5.74, 6) is 1.58. The minimum absolute atomic E-state index is 0.0311. The Kier molecular flexibility index (Phi) is 7.25. The highest BCUT2D eigenvalue weighted by atomic mass is 32.1. The number of amides is 1. The summed E-state index contributed by atoms with van der Waals surface area (Å²) in [6.07, 6.45) is 1.07. The van der Waals surface area contributed by atoms with Gasteiger partial charge in [-0.05, 0) is 43.2 Å². The number of ether oxygens (including phenoxy) is 2. The third kappa shape index (κ3) is 6.06. The van der Waals surface area contributed by atoms with Gasteiger partial charge in [-0.3, -0.25) is 4.79 Å². The normalized spacial score (nSPS) is 11.7. The van der Waals surface area contributed by atoms with Crippen LogP contribution in [0.4, 0.5) is 0 Å². The summed E-state index contributed by atoms with van der Waals surface area (Å²) in [6.45, 7) is 4.50. The lowest BCUT2D eigenvalue weighted by Gasteiger charge is -2.17. The molecular formula is C23H26N2O3S. The van der Waals surface area contributed by atoms with Crippen LogP contribution in [0, 0.1) is 6.92 Å². The van der Waals surface area contributed by atoms with Crippen molar-refractivity contribution in [2.24, 2.45) is 0 Å². The Balaban J connectivity index is 1.52. The zero-order chi connectivity index (χ0) is 20.6. The Morgan fingerprint density at radius 2 is 1.79 bits per heavy atom. The standard InChI is InChI=1S/C23H26N2O3S/c1-4-21(17-7-11-19(27-3)12-8-17)25-22(26)13-18-15-29-23(24-18)14-28-20-9-5-16(2)6-10-20/h5-12,15,21H,4,13-14H2,1-3H3,(H,25,26). The lowest BCUT2D eigenvalue weighted by molar-refractivity contribution is -0.121. The molecule has 152 valence electrons. The molecule has 2 aromatic carbocycles. The fourth-order valence-electron chi connectivity index (χ4n) is 2.94. The molecule has 0 aliphatic carbocycles. The molecule has 3 rings (SSSR count). The molecule has 6 heteroatoms. The highest BCUT2D eigenvalue weighted by molar-refractivity contribution is 7.09. The van der Waals surface area contributed by atoms with Crippen molar-refractivity contribution < 1.29 is 14.3 Å². The molecule has 1 aromatic heterocycles. The Hall–Kier alpha value is -2.86. The van der Waals surface area contributed by atoms with Gasteiger partial charge in [0.15, 0.2) is 0 Å². The van der Waals surface area contributed by atoms with E-state index >= 15 is 0 Å². The first-order chi connectivity index (χ1) is 14.1. The van der Waals surface area contributed by atoms with Crippen LogP contribution in [0.2, 0.25) is 0 Å². The number of aryl methyl sites for hydroxylation is 1. The van der Waals surface area contributed by atoms with Gasteiger partial charge in [0.05, 0.1) is 25.3 Å². The highest BCUT2D eigenvalue weighted by Crippen LogP contribution is 2.21. The van der Waals surface area contributed by atoms with Crippen LogP contribution in [0.1, 0.15) is 41.2 Å². The maximum absolute atomic E-state index is 12.5. The van der Waals surface area contributed by atoms with Gasteiger partial charge in [-0.2, -0.15) is 0 Å². The van der Waals surface area contributed by atoms with Crippen molar-refractivity contribution in [3.8, 4) is 11.5 Å². The number of benzene rings is 2. The summed E-state index contributed by atoms with van der Waals surface area (Å²) in [7, 11) is 1.64. The molecule has 0 aliphatic rings. The second-order valence-corrected chi connectivity index (χ2v) is 7.76. The van der Waals surface area contributed by atoms with E-state index in [4.69, 9.17) is 9.47 Å². The van der Waals surface area contributed by atoms with Gasteiger partial charge < -0.3 is 14.8 Å². The minimum Gasteiger partial charge on any atom is -0.497 e. The molecule has 0 aliphatic heterocycles. The monoisotopic (exact) mass is 410 g/mol. The molecule has 3 aromatic rings. The van der Waals surface area contributed by atoms with Crippen LogP contribution < -0.4 is 14.8 Å². The first kappa shape index (κ1) is 20.9. The maximum Gasteiger partial charge on any atom is 0.226 e. The molecule has 0 saturated carbocycles. The first-order valence-corrected chi connectivity index (χ1v) is 10.5. The first-order valence-electron chi connectivity index (χ1n) is 9.63. The second kappa shape index (κ2) is 10.1. The van der Waals surface area contributed by atoms with Gasteiger partial charge in [0.2, 0.25) is 5.91 Å². The van der Waals surface area contributed by atoms with E-state index in [1.165, 1.54) is 16.9 Å². The smallest absolute Gasteiger partial charge is 0.226 e. The molecule has 0 bridgehead atoms. The van der Waals surface area contributed by atoms with Gasteiger partial charge >= 0.3 is 0 Å². The lowest BCUT2D eigenvalue weighted by Crippen LogP contribution is -2.29. The van der Waals surface area contributed by atoms with E-state index in [0.717, 1.165) is 34.2 Å². The molecule has 1 amide bonds. The topological polar surface area (TPSA) is 60.5 Å². The zero-order valence-electron chi connectivity index (χ0n) is 17.0. The van der Waals surface area contributed by atoms with Crippen LogP contribution in [-0.4, -0.2) is 18.0 Å². The average Bonchev–Trinajstić information content (AvgIpc) is 3.19. The van der Waals surface area contributed by atoms with Gasteiger partial charge in [-0.1, -0.05) is 36.8 Å². The summed E-state index contributed by atoms with van der Waals surface area (Å²) >= 11 is 1.51. The largest absolute Gasteiger partial charge is 0.497 e. The zero-order valence-corrected chi connectivity index (χ0v) is 17.8. The third-order valence-corrected chi connectivity index (χ3v) is 5.46. The van der Waals surface area contributed by atoms with Gasteiger partial charge in [-0.25, -0.2) is 4.98 Å². The number of hydrogen-bond acceptors (Lipinski definition) is 5. The quantitative estimate of drug-likeness (QED) is 0.548. The van der Waals surface area contributed by atoms with Crippen LogP contribution in [0.25, 0.3) is 0 Å². The highest BCUT2D eigenvalue weighted by Gasteiger charge is 2.15. The number of methoxy groups -OCH3 is 1. The SMILES string of the molecule is CCC(NC(=O)Cc1csc(COc2ccc(C)cc2)n1)c1ccc(OC)cc1. The van der Waals surface area contributed by atoms with Crippen LogP contribution >= 0.6 is 11.3 Å². The van der Waals surface area contributed by atoms with E-state index in [9.17, 15) is 4.79 Å². The van der Waals surface area contributed by atoms with E-state index < -0.39 is 0 Å². The van der Waals surface area contributed by atoms with E-state index in [1.807, 2.05) is 60.8 Å². The second-order valence-electron chi connectivity index (χ2n) is 6.81. The van der Waals surface area contributed by atoms with Crippen molar-refractivity contribution in [2.75, 3.05) is 7.11 Å². The van der Waals surface area contributed by atoms with Crippen molar-refractivity contribution in [3.05, 3.63) is 75.7 Å². The van der Waals surface area contributed by atoms with Crippen LogP contribution in [0.5, 0.6) is 11.5 Å². The van der Waals surface area contributed by atoms with Crippen molar-refractivity contribution in [1.82, 2.24) is 10.3 Å². The molecule has 1 unspecified atom stereocenters. The fraction of sp³-hybridized carbons (Fsp3) is 0.304. The number of nitrogens with one attached hydrogen (secondary N) is 1. The number of nitrogens with zero attached hydrogens (tertiary/aromatic N) is 1. The third-order valence-electron chi connectivity index (χ3n) is 4.59. The number of thiazole rings is 1. The van der Waals surface area contributed by atoms with E-state index in [2.05, 4.69) is 17.2 Å². The summed E-state index contributed by atoms with van der Waals surface area (Å²) in [4.78, 5) is 17.0. The van der Waals surface area contributed by atoms with Crippen LogP contribution in [0.15, 0.2) is 53.9 Å². The van der Waals surface area contributed by atoms with Crippen LogP contribution in [0.3, 0.4) is 0 Å². The number of carbonyl (C=O) groups excluding carboxylic acids is 1. The predicted molar refractivity (Wildman–Crippen MR) is 115 cm³/mol. The van der Waals surface area contributed by atoms with Crippen molar-refractivity contribution in [3.63, 3.8) is 0 Å². The van der Waals surface area contributed by atoms with E-state index in [1.54, 1.807) is 7.11 Å². The van der Waals surface area contributed by atoms with Gasteiger partial charge in [-0.15, -0.1) is 11.3 Å². The Morgan fingerprint density at radius 3 is 2.45 bits per heavy atom. The van der Waals surface area contributed by atoms with Crippen LogP contribution in [-0.2, 0) is 17.8 Å². The predicted octanol–water partition coefficient (Wildman–Crippen LogP) is 4.85. The summed E-state index contributed by atoms with van der Waals surface area (Å²) in [5, 5.41) is 5.87. The van der Waals surface area contributed by atoms with Crippen molar-refractivity contribution in [1.29, 1.82) is 0 Å². The molecule has 0 saturated heterocycles. The Labute approximate surface area is 175 Å². The summed E-state index contributed by atoms with van der Waals surface area (Å²) in [6, 6.07) is 15.7. The van der Waals surface area contributed by atoms with E-state index in [0.29, 0.717) is 6.61 Å². The molecule has 5 nitrogen and oxygen atoms in total. The van der Waals surface area contributed by atoms with Gasteiger partial charge in [0, 0.05) is 5.38 Å². The molecule has 1 atom stereocenters. The van der Waals surface area contributed by atoms with Gasteiger partial charge in [0.25, 0.3) is 0 Å². The molecule has 29 heavy (non-hydrogen) atoms. The molecule has 0 fully saturated rings. The number of aromatic nitrogens is 1. The molecule has 0 radical (unpaired) electrons. The molecule has 0 spiro atoms. The molecule has 1 heterocycles. The van der Waals surface area contributed by atoms with Crippen molar-refractivity contribution in [2.45, 2.75) is 39.3 Å². The number of hydrogen-bond donors (Lipinski definition) is 1. The van der Waals surface area contributed by atoms with E-state index in [-0.39, 0.29) is 18.4 Å². The maximum atomic E-state index is 12.5. The molecule has 1 N–H and O–H groups in total. The lowest BCUT2D eigenvalue weighted by atomic mass is 10.0. The summed E-state index contributed by atoms with van der Waals surface area (Å²) in [5.41, 5.74) is 3.02. The Bertz CT molecular complexity index is 920. The number of carbonyl (C=O) groups is 1. The minimum atomic E-state index is -0.0380. The van der Waals surface area contributed by atoms with Crippen molar-refractivity contribution >= 4 is 17.2 Å². The average molecular weight is 411 g/mol. The van der Waals surface area contributed by atoms with Gasteiger partial charge in [0.1, 0.15) is 23.1 Å². The Morgan fingerprint density at radius 1 is 1.10 bits per heavy atom. The fourth-order valence-corrected chi connectivity index (χ4v) is 3.65.